The van der Waals surface area contributed by atoms with E-state index in [-0.39, 0.29) is 5.91 Å². The number of ether oxygens (including phenoxy) is 1. The van der Waals surface area contributed by atoms with E-state index in [0.717, 1.165) is 28.3 Å². The van der Waals surface area contributed by atoms with Gasteiger partial charge in [-0.3, -0.25) is 4.79 Å². The molecule has 1 saturated heterocycles. The van der Waals surface area contributed by atoms with Gasteiger partial charge in [0.25, 0.3) is 5.91 Å². The van der Waals surface area contributed by atoms with E-state index in [2.05, 4.69) is 11.0 Å². The summed E-state index contributed by atoms with van der Waals surface area (Å²) < 4.78 is 7.49. The number of anilines is 1. The van der Waals surface area contributed by atoms with Gasteiger partial charge in [-0.15, -0.1) is 0 Å². The maximum atomic E-state index is 14.0. The molecule has 1 fully saturated rings. The molecule has 0 N–H and O–H groups in total. The lowest BCUT2D eigenvalue weighted by molar-refractivity contribution is 0.0737. The monoisotopic (exact) mass is 537 g/mol. The highest BCUT2D eigenvalue weighted by Gasteiger charge is 2.27. The van der Waals surface area contributed by atoms with Crippen LogP contribution >= 0.6 is 11.6 Å². The lowest BCUT2D eigenvalue weighted by Gasteiger charge is -2.36. The first-order chi connectivity index (χ1) is 19.1. The molecule has 1 aliphatic heterocycles. The Kier molecular flexibility index (Phi) is 6.90. The lowest BCUT2D eigenvalue weighted by Crippen LogP contribution is -2.49. The van der Waals surface area contributed by atoms with Gasteiger partial charge in [0.2, 0.25) is 0 Å². The Bertz CT molecular complexity index is 1630. The largest absolute Gasteiger partial charge is 0.492 e. The quantitative estimate of drug-likeness (QED) is 0.263. The molecule has 0 saturated carbocycles. The van der Waals surface area contributed by atoms with Crippen LogP contribution in [0.3, 0.4) is 0 Å². The molecule has 196 valence electrons. The average Bonchev–Trinajstić information content (AvgIpc) is 3.42. The third-order valence-corrected chi connectivity index (χ3v) is 7.27. The van der Waals surface area contributed by atoms with Crippen LogP contribution in [0.4, 0.5) is 5.69 Å². The van der Waals surface area contributed by atoms with Crippen molar-refractivity contribution < 1.29 is 9.53 Å². The molecule has 6 rings (SSSR count). The van der Waals surface area contributed by atoms with Crippen LogP contribution in [0.25, 0.3) is 28.2 Å². The van der Waals surface area contributed by atoms with E-state index in [1.54, 1.807) is 10.6 Å². The predicted molar refractivity (Wildman–Crippen MR) is 155 cm³/mol. The molecule has 1 aliphatic rings. The van der Waals surface area contributed by atoms with Gasteiger partial charge in [-0.05, 0) is 31.2 Å². The molecule has 0 radical (unpaired) electrons. The molecule has 0 bridgehead atoms. The summed E-state index contributed by atoms with van der Waals surface area (Å²) in [6.45, 7) is 5.16. The Morgan fingerprint density at radius 3 is 2.36 bits per heavy atom. The summed E-state index contributed by atoms with van der Waals surface area (Å²) in [5.41, 5.74) is 5.24. The second-order valence-electron chi connectivity index (χ2n) is 9.35. The molecule has 2 aromatic heterocycles. The zero-order valence-corrected chi connectivity index (χ0v) is 22.4. The van der Waals surface area contributed by atoms with Crippen LogP contribution in [0.2, 0.25) is 5.02 Å². The summed E-state index contributed by atoms with van der Waals surface area (Å²) in [7, 11) is 0. The molecule has 0 aliphatic carbocycles. The number of hydrogen-bond donors (Lipinski definition) is 0. The number of fused-ring (bicyclic) bond motifs is 1. The average molecular weight is 538 g/mol. The molecule has 7 nitrogen and oxygen atoms in total. The molecule has 39 heavy (non-hydrogen) atoms. The first kappa shape index (κ1) is 24.9. The third-order valence-electron chi connectivity index (χ3n) is 6.94. The van der Waals surface area contributed by atoms with Crippen LogP contribution in [0.15, 0.2) is 91.0 Å². The molecule has 1 amide bonds. The number of halogens is 1. The fourth-order valence-electron chi connectivity index (χ4n) is 4.99. The van der Waals surface area contributed by atoms with Crippen molar-refractivity contribution in [3.63, 3.8) is 0 Å². The number of para-hydroxylation sites is 2. The number of carbonyl (C=O) groups is 1. The molecular formula is C31H28ClN5O2. The van der Waals surface area contributed by atoms with Crippen molar-refractivity contribution in [2.75, 3.05) is 37.7 Å². The van der Waals surface area contributed by atoms with Crippen molar-refractivity contribution in [2.45, 2.75) is 6.92 Å². The molecular weight excluding hydrogens is 510 g/mol. The standard InChI is InChI=1S/C31H28ClN5O2/c1-2-39-29-15-9-8-14-27(29)35-16-18-36(19-17-35)31(38)28-20-26(23-12-6-7-13-24(23)32)33-30-21-25(34-37(28)30)22-10-4-3-5-11-22/h3-15,20-21H,2,16-19H2,1H3. The van der Waals surface area contributed by atoms with Gasteiger partial charge in [0, 0.05) is 48.4 Å². The second-order valence-corrected chi connectivity index (χ2v) is 9.76. The minimum absolute atomic E-state index is 0.0869. The van der Waals surface area contributed by atoms with E-state index < -0.39 is 0 Å². The van der Waals surface area contributed by atoms with Gasteiger partial charge in [-0.2, -0.15) is 5.10 Å². The highest BCUT2D eigenvalue weighted by molar-refractivity contribution is 6.33. The predicted octanol–water partition coefficient (Wildman–Crippen LogP) is 6.08. The van der Waals surface area contributed by atoms with Crippen molar-refractivity contribution in [3.8, 4) is 28.3 Å². The summed E-state index contributed by atoms with van der Waals surface area (Å²) in [6, 6.07) is 29.2. The molecule has 3 aromatic carbocycles. The topological polar surface area (TPSA) is 63.0 Å². The molecule has 8 heteroatoms. The van der Waals surface area contributed by atoms with Gasteiger partial charge in [0.1, 0.15) is 11.4 Å². The number of piperazine rings is 1. The molecule has 5 aromatic rings. The van der Waals surface area contributed by atoms with Crippen molar-refractivity contribution >= 4 is 28.8 Å². The Labute approximate surface area is 232 Å². The highest BCUT2D eigenvalue weighted by Crippen LogP contribution is 2.31. The van der Waals surface area contributed by atoms with Gasteiger partial charge in [-0.25, -0.2) is 9.50 Å². The lowest BCUT2D eigenvalue weighted by atomic mass is 10.1. The van der Waals surface area contributed by atoms with Crippen molar-refractivity contribution in [3.05, 3.63) is 102 Å². The minimum atomic E-state index is -0.0869. The van der Waals surface area contributed by atoms with E-state index in [9.17, 15) is 4.79 Å². The SMILES string of the molecule is CCOc1ccccc1N1CCN(C(=O)c2cc(-c3ccccc3Cl)nc3cc(-c4ccccc4)nn23)CC1. The number of benzene rings is 3. The van der Waals surface area contributed by atoms with Gasteiger partial charge >= 0.3 is 0 Å². The zero-order valence-electron chi connectivity index (χ0n) is 21.6. The minimum Gasteiger partial charge on any atom is -0.492 e. The zero-order chi connectivity index (χ0) is 26.8. The summed E-state index contributed by atoms with van der Waals surface area (Å²) in [4.78, 5) is 23.0. The molecule has 0 atom stereocenters. The van der Waals surface area contributed by atoms with Gasteiger partial charge < -0.3 is 14.5 Å². The van der Waals surface area contributed by atoms with Crippen LogP contribution in [0.5, 0.6) is 5.75 Å². The van der Waals surface area contributed by atoms with Crippen molar-refractivity contribution in [1.82, 2.24) is 19.5 Å². The number of nitrogens with zero attached hydrogens (tertiary/aromatic N) is 5. The van der Waals surface area contributed by atoms with E-state index in [4.69, 9.17) is 26.4 Å². The van der Waals surface area contributed by atoms with Crippen molar-refractivity contribution in [2.24, 2.45) is 0 Å². The summed E-state index contributed by atoms with van der Waals surface area (Å²) in [5, 5.41) is 5.38. The molecule has 3 heterocycles. The summed E-state index contributed by atoms with van der Waals surface area (Å²) in [5.74, 6) is 0.779. The number of aromatic nitrogens is 3. The fourth-order valence-corrected chi connectivity index (χ4v) is 5.22. The van der Waals surface area contributed by atoms with Gasteiger partial charge in [-0.1, -0.05) is 72.3 Å². The van der Waals surface area contributed by atoms with Crippen LogP contribution in [0, 0.1) is 0 Å². The van der Waals surface area contributed by atoms with E-state index >= 15 is 0 Å². The summed E-state index contributed by atoms with van der Waals surface area (Å²) >= 11 is 6.53. The van der Waals surface area contributed by atoms with E-state index in [0.29, 0.717) is 54.8 Å². The Balaban J connectivity index is 1.34. The number of amides is 1. The Morgan fingerprint density at radius 2 is 1.59 bits per heavy atom. The Hall–Kier alpha value is -4.36. The van der Waals surface area contributed by atoms with Crippen LogP contribution in [0.1, 0.15) is 17.4 Å². The van der Waals surface area contributed by atoms with E-state index in [1.807, 2.05) is 90.7 Å². The number of hydrogen-bond acceptors (Lipinski definition) is 5. The highest BCUT2D eigenvalue weighted by atomic mass is 35.5. The van der Waals surface area contributed by atoms with Gasteiger partial charge in [0.15, 0.2) is 5.65 Å². The van der Waals surface area contributed by atoms with Gasteiger partial charge in [0.05, 0.1) is 23.7 Å². The number of carbonyl (C=O) groups excluding carboxylic acids is 1. The first-order valence-electron chi connectivity index (χ1n) is 13.1. The number of rotatable bonds is 6. The fraction of sp³-hybridized carbons (Fsp3) is 0.194. The maximum Gasteiger partial charge on any atom is 0.272 e. The molecule has 0 spiro atoms. The normalized spacial score (nSPS) is 13.6. The van der Waals surface area contributed by atoms with Crippen LogP contribution in [-0.2, 0) is 0 Å². The smallest absolute Gasteiger partial charge is 0.272 e. The maximum absolute atomic E-state index is 14.0. The van der Waals surface area contributed by atoms with E-state index in [1.165, 1.54) is 0 Å². The third kappa shape index (κ3) is 4.93. The second kappa shape index (κ2) is 10.8. The van der Waals surface area contributed by atoms with Crippen LogP contribution in [-0.4, -0.2) is 58.2 Å². The van der Waals surface area contributed by atoms with Crippen LogP contribution < -0.4 is 9.64 Å². The van der Waals surface area contributed by atoms with Crippen molar-refractivity contribution in [1.29, 1.82) is 0 Å². The first-order valence-corrected chi connectivity index (χ1v) is 13.5. The Morgan fingerprint density at radius 1 is 0.872 bits per heavy atom. The summed E-state index contributed by atoms with van der Waals surface area (Å²) in [6.07, 6.45) is 0. The molecule has 0 unspecified atom stereocenters.